The number of nitrogens with zero attached hydrogens (tertiary/aromatic N) is 1. The van der Waals surface area contributed by atoms with Gasteiger partial charge in [-0.1, -0.05) is 12.1 Å². The van der Waals surface area contributed by atoms with Gasteiger partial charge in [0.25, 0.3) is 0 Å². The summed E-state index contributed by atoms with van der Waals surface area (Å²) in [4.78, 5) is 10.3. The van der Waals surface area contributed by atoms with Crippen molar-refractivity contribution in [3.63, 3.8) is 0 Å². The molecule has 0 radical (unpaired) electrons. The van der Waals surface area contributed by atoms with E-state index >= 15 is 0 Å². The average Bonchev–Trinajstić information content (AvgIpc) is 2.45. The van der Waals surface area contributed by atoms with Crippen molar-refractivity contribution in [2.24, 2.45) is 0 Å². The van der Waals surface area contributed by atoms with Crippen LogP contribution in [0.15, 0.2) is 36.4 Å². The Bertz CT molecular complexity index is 649. The van der Waals surface area contributed by atoms with Crippen molar-refractivity contribution in [1.29, 1.82) is 5.26 Å². The fraction of sp³-hybridized carbons (Fsp3) is 0.125. The van der Waals surface area contributed by atoms with E-state index in [2.05, 4.69) is 0 Å². The van der Waals surface area contributed by atoms with E-state index in [1.807, 2.05) is 6.07 Å². The van der Waals surface area contributed by atoms with Crippen molar-refractivity contribution in [3.05, 3.63) is 59.2 Å². The minimum Gasteiger partial charge on any atom is -0.303 e. The number of aldehydes is 1. The average molecular weight is 271 g/mol. The molecule has 2 aromatic rings. The Kier molecular flexibility index (Phi) is 4.21. The first-order chi connectivity index (χ1) is 9.65. The monoisotopic (exact) mass is 271 g/mol. The Labute approximate surface area is 115 Å². The van der Waals surface area contributed by atoms with Crippen molar-refractivity contribution < 1.29 is 13.6 Å². The van der Waals surface area contributed by atoms with Crippen molar-refractivity contribution >= 4 is 6.29 Å². The highest BCUT2D eigenvalue weighted by atomic mass is 19.1. The molecule has 0 aliphatic heterocycles. The number of rotatable bonds is 4. The molecule has 2 aromatic carbocycles. The molecule has 0 aromatic heterocycles. The second-order valence-electron chi connectivity index (χ2n) is 4.33. The van der Waals surface area contributed by atoms with E-state index < -0.39 is 11.6 Å². The van der Waals surface area contributed by atoms with Gasteiger partial charge in [0.15, 0.2) is 0 Å². The van der Waals surface area contributed by atoms with Crippen LogP contribution in [0.2, 0.25) is 0 Å². The standard InChI is InChI=1S/C16H11F2NO/c17-14-8-12(2-1-7-20)9-15(18)16(14)13-5-3-11(10-19)4-6-13/h3-9H,1-2H2. The number of hydrogen-bond acceptors (Lipinski definition) is 2. The van der Waals surface area contributed by atoms with E-state index in [0.717, 1.165) is 0 Å². The first-order valence-corrected chi connectivity index (χ1v) is 6.08. The highest BCUT2D eigenvalue weighted by Crippen LogP contribution is 2.27. The van der Waals surface area contributed by atoms with Crippen molar-refractivity contribution in [2.75, 3.05) is 0 Å². The van der Waals surface area contributed by atoms with Gasteiger partial charge in [0, 0.05) is 6.42 Å². The van der Waals surface area contributed by atoms with Gasteiger partial charge in [-0.05, 0) is 41.8 Å². The number of carbonyl (C=O) groups is 1. The summed E-state index contributed by atoms with van der Waals surface area (Å²) < 4.78 is 28.0. The summed E-state index contributed by atoms with van der Waals surface area (Å²) in [5.74, 6) is -1.34. The molecule has 0 atom stereocenters. The maximum Gasteiger partial charge on any atom is 0.134 e. The molecule has 0 N–H and O–H groups in total. The first-order valence-electron chi connectivity index (χ1n) is 6.08. The minimum atomic E-state index is -0.671. The fourth-order valence-electron chi connectivity index (χ4n) is 1.98. The van der Waals surface area contributed by atoms with Crippen LogP contribution in [-0.4, -0.2) is 6.29 Å². The smallest absolute Gasteiger partial charge is 0.134 e. The molecule has 0 heterocycles. The van der Waals surface area contributed by atoms with Gasteiger partial charge in [0.1, 0.15) is 17.9 Å². The van der Waals surface area contributed by atoms with Crippen LogP contribution in [0, 0.1) is 23.0 Å². The molecule has 100 valence electrons. The number of halogens is 2. The summed E-state index contributed by atoms with van der Waals surface area (Å²) >= 11 is 0. The van der Waals surface area contributed by atoms with Gasteiger partial charge in [-0.15, -0.1) is 0 Å². The third-order valence-electron chi connectivity index (χ3n) is 2.96. The summed E-state index contributed by atoms with van der Waals surface area (Å²) in [6, 6.07) is 10.4. The quantitative estimate of drug-likeness (QED) is 0.797. The summed E-state index contributed by atoms with van der Waals surface area (Å²) in [6.07, 6.45) is 1.25. The zero-order valence-electron chi connectivity index (χ0n) is 10.6. The molecule has 0 saturated heterocycles. The molecule has 2 rings (SSSR count). The lowest BCUT2D eigenvalue weighted by molar-refractivity contribution is -0.107. The maximum atomic E-state index is 14.0. The third kappa shape index (κ3) is 2.89. The largest absolute Gasteiger partial charge is 0.303 e. The highest BCUT2D eigenvalue weighted by Gasteiger charge is 2.13. The molecule has 20 heavy (non-hydrogen) atoms. The van der Waals surface area contributed by atoms with Gasteiger partial charge >= 0.3 is 0 Å². The Morgan fingerprint density at radius 3 is 2.20 bits per heavy atom. The zero-order chi connectivity index (χ0) is 14.5. The molecule has 4 heteroatoms. The SMILES string of the molecule is N#Cc1ccc(-c2c(F)cc(CCC=O)cc2F)cc1. The molecule has 0 amide bonds. The van der Waals surface area contributed by atoms with Crippen LogP contribution in [0.1, 0.15) is 17.5 Å². The second kappa shape index (κ2) is 6.07. The van der Waals surface area contributed by atoms with E-state index in [9.17, 15) is 13.6 Å². The van der Waals surface area contributed by atoms with Crippen LogP contribution in [-0.2, 0) is 11.2 Å². The molecule has 0 aliphatic rings. The van der Waals surface area contributed by atoms with Crippen LogP contribution in [0.25, 0.3) is 11.1 Å². The molecule has 0 aliphatic carbocycles. The van der Waals surface area contributed by atoms with Crippen molar-refractivity contribution in [3.8, 4) is 17.2 Å². The number of carbonyl (C=O) groups excluding carboxylic acids is 1. The lowest BCUT2D eigenvalue weighted by Crippen LogP contribution is -1.95. The number of benzene rings is 2. The number of hydrogen-bond donors (Lipinski definition) is 0. The second-order valence-corrected chi connectivity index (χ2v) is 4.33. The van der Waals surface area contributed by atoms with Gasteiger partial charge in [0.05, 0.1) is 17.2 Å². The van der Waals surface area contributed by atoms with Crippen LogP contribution in [0.3, 0.4) is 0 Å². The van der Waals surface area contributed by atoms with Gasteiger partial charge in [-0.3, -0.25) is 0 Å². The van der Waals surface area contributed by atoms with Gasteiger partial charge < -0.3 is 4.79 Å². The van der Waals surface area contributed by atoms with Crippen molar-refractivity contribution in [1.82, 2.24) is 0 Å². The lowest BCUT2D eigenvalue weighted by atomic mass is 10.00. The Hall–Kier alpha value is -2.54. The van der Waals surface area contributed by atoms with Crippen molar-refractivity contribution in [2.45, 2.75) is 12.8 Å². The van der Waals surface area contributed by atoms with E-state index in [-0.39, 0.29) is 12.0 Å². The molecule has 0 saturated carbocycles. The summed E-state index contributed by atoms with van der Waals surface area (Å²) in [6.45, 7) is 0. The lowest BCUT2D eigenvalue weighted by Gasteiger charge is -2.08. The summed E-state index contributed by atoms with van der Waals surface area (Å²) in [7, 11) is 0. The molecule has 0 spiro atoms. The van der Waals surface area contributed by atoms with Crippen LogP contribution in [0.5, 0.6) is 0 Å². The van der Waals surface area contributed by atoms with E-state index in [1.165, 1.54) is 36.4 Å². The minimum absolute atomic E-state index is 0.121. The number of aryl methyl sites for hydroxylation is 1. The molecule has 0 bridgehead atoms. The third-order valence-corrected chi connectivity index (χ3v) is 2.96. The molecular weight excluding hydrogens is 260 g/mol. The van der Waals surface area contributed by atoms with E-state index in [0.29, 0.717) is 29.4 Å². The predicted molar refractivity (Wildman–Crippen MR) is 70.9 cm³/mol. The molecule has 0 unspecified atom stereocenters. The van der Waals surface area contributed by atoms with Crippen LogP contribution < -0.4 is 0 Å². The Morgan fingerprint density at radius 2 is 1.70 bits per heavy atom. The summed E-state index contributed by atoms with van der Waals surface area (Å²) in [5.41, 5.74) is 1.13. The van der Waals surface area contributed by atoms with Crippen LogP contribution in [0.4, 0.5) is 8.78 Å². The predicted octanol–water partition coefficient (Wildman–Crippen LogP) is 3.63. The van der Waals surface area contributed by atoms with Crippen LogP contribution >= 0.6 is 0 Å². The zero-order valence-corrected chi connectivity index (χ0v) is 10.6. The fourth-order valence-corrected chi connectivity index (χ4v) is 1.98. The maximum absolute atomic E-state index is 14.0. The van der Waals surface area contributed by atoms with E-state index in [4.69, 9.17) is 5.26 Å². The first kappa shape index (κ1) is 13.9. The topological polar surface area (TPSA) is 40.9 Å². The Morgan fingerprint density at radius 1 is 1.10 bits per heavy atom. The molecule has 0 fully saturated rings. The Balaban J connectivity index is 2.41. The normalized spacial score (nSPS) is 10.1. The van der Waals surface area contributed by atoms with Gasteiger partial charge in [-0.25, -0.2) is 8.78 Å². The molecular formula is C16H11F2NO. The van der Waals surface area contributed by atoms with E-state index in [1.54, 1.807) is 0 Å². The highest BCUT2D eigenvalue weighted by molar-refractivity contribution is 5.66. The number of nitriles is 1. The summed E-state index contributed by atoms with van der Waals surface area (Å²) in [5, 5.41) is 8.70. The van der Waals surface area contributed by atoms with Gasteiger partial charge in [0.2, 0.25) is 0 Å². The molecule has 2 nitrogen and oxygen atoms in total. The van der Waals surface area contributed by atoms with Gasteiger partial charge in [-0.2, -0.15) is 5.26 Å².